The average Bonchev–Trinajstić information content (AvgIpc) is 3.62. The van der Waals surface area contributed by atoms with E-state index in [1.165, 1.54) is 29.7 Å². The van der Waals surface area contributed by atoms with Gasteiger partial charge in [0.25, 0.3) is 0 Å². The van der Waals surface area contributed by atoms with E-state index in [1.807, 2.05) is 48.1 Å². The van der Waals surface area contributed by atoms with E-state index in [9.17, 15) is 4.79 Å². The fourth-order valence-electron chi connectivity index (χ4n) is 3.28. The van der Waals surface area contributed by atoms with Crippen LogP contribution in [0.5, 0.6) is 5.75 Å². The van der Waals surface area contributed by atoms with E-state index in [4.69, 9.17) is 4.74 Å². The number of aromatic nitrogens is 2. The van der Waals surface area contributed by atoms with E-state index in [2.05, 4.69) is 44.8 Å². The number of hydrogen-bond acceptors (Lipinski definition) is 2. The van der Waals surface area contributed by atoms with Gasteiger partial charge in [-0.05, 0) is 76.0 Å². The summed E-state index contributed by atoms with van der Waals surface area (Å²) in [6, 6.07) is 8.26. The third-order valence-corrected chi connectivity index (χ3v) is 5.52. The monoisotopic (exact) mass is 440 g/mol. The zero-order valence-corrected chi connectivity index (χ0v) is 21.2. The van der Waals surface area contributed by atoms with Crippen LogP contribution in [0.25, 0.3) is 0 Å². The molecule has 0 radical (unpaired) electrons. The number of ether oxygens (including phenoxy) is 1. The number of allylic oxidation sites excluding steroid dienone is 3. The molecule has 0 aliphatic heterocycles. The lowest BCUT2D eigenvalue weighted by atomic mass is 10.1. The summed E-state index contributed by atoms with van der Waals surface area (Å²) in [5.41, 5.74) is 3.86. The van der Waals surface area contributed by atoms with Gasteiger partial charge in [-0.25, -0.2) is 4.79 Å². The summed E-state index contributed by atoms with van der Waals surface area (Å²) in [6.07, 6.45) is 12.6. The zero-order chi connectivity index (χ0) is 23.9. The van der Waals surface area contributed by atoms with Gasteiger partial charge in [-0.15, -0.1) is 6.58 Å². The van der Waals surface area contributed by atoms with E-state index >= 15 is 0 Å². The molecular formula is C28H44N2O2. The standard InChI is InChI=1S/C22H30N2O2.C4H8.C2H6/c1-4-17(2)14-23-16-20(24(22(23)25)15-19-8-9-19)7-5-6-18-10-12-21(26-3)13-11-18;1-3-4-2;1-2/h4,10-13,16,19H,5-9,14-15H2,1-3H3;3H,1,4H2,2H3;1-2H3/b17-4+;;. The van der Waals surface area contributed by atoms with Gasteiger partial charge in [0.15, 0.2) is 0 Å². The number of benzene rings is 1. The number of imidazole rings is 1. The maximum atomic E-state index is 12.8. The molecule has 0 atom stereocenters. The second-order valence-corrected chi connectivity index (χ2v) is 8.12. The molecule has 0 bridgehead atoms. The second-order valence-electron chi connectivity index (χ2n) is 8.12. The van der Waals surface area contributed by atoms with Crippen LogP contribution < -0.4 is 10.4 Å². The summed E-state index contributed by atoms with van der Waals surface area (Å²) in [5.74, 6) is 1.59. The van der Waals surface area contributed by atoms with Crippen molar-refractivity contribution in [1.29, 1.82) is 0 Å². The molecule has 0 amide bonds. The number of rotatable bonds is 10. The molecule has 4 nitrogen and oxygen atoms in total. The largest absolute Gasteiger partial charge is 0.497 e. The first kappa shape index (κ1) is 27.5. The Kier molecular flexibility index (Phi) is 13.2. The minimum Gasteiger partial charge on any atom is -0.497 e. The summed E-state index contributed by atoms with van der Waals surface area (Å²) >= 11 is 0. The molecule has 32 heavy (non-hydrogen) atoms. The summed E-state index contributed by atoms with van der Waals surface area (Å²) in [7, 11) is 1.69. The van der Waals surface area contributed by atoms with Gasteiger partial charge in [0.2, 0.25) is 0 Å². The molecule has 1 aromatic carbocycles. The molecule has 1 saturated carbocycles. The van der Waals surface area contributed by atoms with Crippen molar-refractivity contribution < 1.29 is 4.74 Å². The lowest BCUT2D eigenvalue weighted by Crippen LogP contribution is -2.26. The van der Waals surface area contributed by atoms with Crippen molar-refractivity contribution in [2.24, 2.45) is 5.92 Å². The Bertz CT molecular complexity index is 868. The van der Waals surface area contributed by atoms with E-state index in [-0.39, 0.29) is 5.69 Å². The molecule has 1 heterocycles. The van der Waals surface area contributed by atoms with Gasteiger partial charge in [-0.1, -0.05) is 50.6 Å². The molecule has 1 aliphatic carbocycles. The predicted octanol–water partition coefficient (Wildman–Crippen LogP) is 6.82. The molecule has 2 aromatic rings. The maximum Gasteiger partial charge on any atom is 0.328 e. The van der Waals surface area contributed by atoms with Crippen LogP contribution in [-0.2, 0) is 25.9 Å². The third-order valence-electron chi connectivity index (χ3n) is 5.52. The highest BCUT2D eigenvalue weighted by molar-refractivity contribution is 5.27. The summed E-state index contributed by atoms with van der Waals surface area (Å²) in [5, 5.41) is 0. The molecule has 178 valence electrons. The van der Waals surface area contributed by atoms with Gasteiger partial charge in [0.05, 0.1) is 7.11 Å². The third kappa shape index (κ3) is 9.33. The second kappa shape index (κ2) is 15.3. The molecule has 0 saturated heterocycles. The molecule has 0 spiro atoms. The van der Waals surface area contributed by atoms with E-state index < -0.39 is 0 Å². The van der Waals surface area contributed by atoms with E-state index in [1.54, 1.807) is 7.11 Å². The minimum absolute atomic E-state index is 0.151. The van der Waals surface area contributed by atoms with Gasteiger partial charge in [-0.3, -0.25) is 9.13 Å². The molecule has 1 aliphatic rings. The SMILES string of the molecule is C/C=C(\C)Cn1cc(CCCc2ccc(OC)cc2)n(CC2CC2)c1=O.C=CCC.CC. The van der Waals surface area contributed by atoms with Crippen molar-refractivity contribution in [2.75, 3.05) is 7.11 Å². The number of nitrogens with zero attached hydrogens (tertiary/aromatic N) is 2. The lowest BCUT2D eigenvalue weighted by molar-refractivity contribution is 0.414. The highest BCUT2D eigenvalue weighted by atomic mass is 16.5. The fourth-order valence-corrected chi connectivity index (χ4v) is 3.28. The van der Waals surface area contributed by atoms with Crippen LogP contribution in [0.1, 0.15) is 71.6 Å². The van der Waals surface area contributed by atoms with Crippen LogP contribution in [0.15, 0.2) is 59.6 Å². The Labute approximate surface area is 195 Å². The smallest absolute Gasteiger partial charge is 0.328 e. The van der Waals surface area contributed by atoms with Gasteiger partial charge >= 0.3 is 5.69 Å². The summed E-state index contributed by atoms with van der Waals surface area (Å²) < 4.78 is 9.11. The Morgan fingerprint density at radius 1 is 1.19 bits per heavy atom. The quantitative estimate of drug-likeness (QED) is 0.380. The Hall–Kier alpha value is -2.49. The lowest BCUT2D eigenvalue weighted by Gasteiger charge is -2.07. The van der Waals surface area contributed by atoms with Gasteiger partial charge in [0, 0.05) is 25.0 Å². The number of hydrogen-bond donors (Lipinski definition) is 0. The van der Waals surface area contributed by atoms with Crippen LogP contribution in [0.4, 0.5) is 0 Å². The van der Waals surface area contributed by atoms with Crippen LogP contribution >= 0.6 is 0 Å². The van der Waals surface area contributed by atoms with Crippen molar-refractivity contribution >= 4 is 0 Å². The normalized spacial score (nSPS) is 12.9. The topological polar surface area (TPSA) is 36.2 Å². The van der Waals surface area contributed by atoms with Crippen LogP contribution in [-0.4, -0.2) is 16.2 Å². The molecule has 3 rings (SSSR count). The first-order chi connectivity index (χ1) is 15.5. The highest BCUT2D eigenvalue weighted by Crippen LogP contribution is 2.30. The minimum atomic E-state index is 0.151. The van der Waals surface area contributed by atoms with Crippen molar-refractivity contribution in [3.05, 3.63) is 76.5 Å². The Morgan fingerprint density at radius 3 is 2.31 bits per heavy atom. The van der Waals surface area contributed by atoms with Gasteiger partial charge in [0.1, 0.15) is 5.75 Å². The molecule has 4 heteroatoms. The molecule has 0 unspecified atom stereocenters. The van der Waals surface area contributed by atoms with Crippen molar-refractivity contribution in [1.82, 2.24) is 9.13 Å². The number of aryl methyl sites for hydroxylation is 2. The molecule has 0 N–H and O–H groups in total. The molecule has 1 fully saturated rings. The van der Waals surface area contributed by atoms with Crippen molar-refractivity contribution in [3.8, 4) is 5.75 Å². The van der Waals surface area contributed by atoms with Crippen molar-refractivity contribution in [3.63, 3.8) is 0 Å². The number of methoxy groups -OCH3 is 1. The van der Waals surface area contributed by atoms with E-state index in [0.29, 0.717) is 12.5 Å². The first-order valence-corrected chi connectivity index (χ1v) is 12.2. The average molecular weight is 441 g/mol. The Morgan fingerprint density at radius 2 is 1.81 bits per heavy atom. The maximum absolute atomic E-state index is 12.8. The fraction of sp³-hybridized carbons (Fsp3) is 0.536. The van der Waals surface area contributed by atoms with Crippen molar-refractivity contribution in [2.45, 2.75) is 86.2 Å². The van der Waals surface area contributed by atoms with Gasteiger partial charge < -0.3 is 4.74 Å². The summed E-state index contributed by atoms with van der Waals surface area (Å²) in [6.45, 7) is 15.2. The summed E-state index contributed by atoms with van der Waals surface area (Å²) in [4.78, 5) is 12.8. The molecular weight excluding hydrogens is 396 g/mol. The zero-order valence-electron chi connectivity index (χ0n) is 21.2. The van der Waals surface area contributed by atoms with Gasteiger partial charge in [-0.2, -0.15) is 0 Å². The van der Waals surface area contributed by atoms with E-state index in [0.717, 1.165) is 38.0 Å². The van der Waals surface area contributed by atoms with Crippen LogP contribution in [0.3, 0.4) is 0 Å². The van der Waals surface area contributed by atoms with Crippen LogP contribution in [0, 0.1) is 5.92 Å². The first-order valence-electron chi connectivity index (χ1n) is 12.2. The Balaban J connectivity index is 0.000000769. The van der Waals surface area contributed by atoms with Crippen LogP contribution in [0.2, 0.25) is 0 Å². The highest BCUT2D eigenvalue weighted by Gasteiger charge is 2.24. The predicted molar refractivity (Wildman–Crippen MR) is 138 cm³/mol. The molecule has 1 aromatic heterocycles.